The highest BCUT2D eigenvalue weighted by molar-refractivity contribution is 5.87. The standard InChI is InChI=1S/C14H26N4O3/c1-5-15-13(21)18-8-6-17(7-9-18)11(19)10-16-12(20)14(2,3)4/h5-10H2,1-4H3,(H,15,21)(H,16,20). The van der Waals surface area contributed by atoms with Crippen molar-refractivity contribution in [2.75, 3.05) is 39.3 Å². The topological polar surface area (TPSA) is 81.8 Å². The van der Waals surface area contributed by atoms with Crippen LogP contribution in [0.25, 0.3) is 0 Å². The van der Waals surface area contributed by atoms with Crippen LogP contribution in [0.15, 0.2) is 0 Å². The van der Waals surface area contributed by atoms with Gasteiger partial charge in [-0.3, -0.25) is 9.59 Å². The van der Waals surface area contributed by atoms with Crippen LogP contribution in [-0.4, -0.2) is 66.9 Å². The molecule has 0 spiro atoms. The number of nitrogens with zero attached hydrogens (tertiary/aromatic N) is 2. The highest BCUT2D eigenvalue weighted by Crippen LogP contribution is 2.12. The van der Waals surface area contributed by atoms with Crippen molar-refractivity contribution in [2.24, 2.45) is 5.41 Å². The number of piperazine rings is 1. The molecule has 0 unspecified atom stereocenters. The van der Waals surface area contributed by atoms with Crippen molar-refractivity contribution in [1.82, 2.24) is 20.4 Å². The fourth-order valence-corrected chi connectivity index (χ4v) is 1.95. The normalized spacial score (nSPS) is 15.6. The molecule has 0 aromatic carbocycles. The molecule has 120 valence electrons. The van der Waals surface area contributed by atoms with E-state index in [4.69, 9.17) is 0 Å². The Labute approximate surface area is 126 Å². The number of hydrogen-bond acceptors (Lipinski definition) is 3. The average Bonchev–Trinajstić information content (AvgIpc) is 2.43. The Morgan fingerprint density at radius 2 is 1.48 bits per heavy atom. The molecule has 1 rings (SSSR count). The molecule has 1 fully saturated rings. The molecule has 0 radical (unpaired) electrons. The average molecular weight is 298 g/mol. The minimum absolute atomic E-state index is 0.0112. The summed E-state index contributed by atoms with van der Waals surface area (Å²) in [4.78, 5) is 38.8. The van der Waals surface area contributed by atoms with Gasteiger partial charge in [0.25, 0.3) is 0 Å². The van der Waals surface area contributed by atoms with Gasteiger partial charge in [0.15, 0.2) is 0 Å². The zero-order chi connectivity index (χ0) is 16.0. The Morgan fingerprint density at radius 1 is 0.952 bits per heavy atom. The van der Waals surface area contributed by atoms with Gasteiger partial charge < -0.3 is 20.4 Å². The largest absolute Gasteiger partial charge is 0.347 e. The first-order valence-corrected chi connectivity index (χ1v) is 7.34. The van der Waals surface area contributed by atoms with Crippen molar-refractivity contribution in [2.45, 2.75) is 27.7 Å². The van der Waals surface area contributed by atoms with Gasteiger partial charge in [0.1, 0.15) is 0 Å². The van der Waals surface area contributed by atoms with E-state index in [1.54, 1.807) is 30.6 Å². The zero-order valence-electron chi connectivity index (χ0n) is 13.4. The van der Waals surface area contributed by atoms with Crippen LogP contribution in [0.4, 0.5) is 4.79 Å². The lowest BCUT2D eigenvalue weighted by Gasteiger charge is -2.34. The van der Waals surface area contributed by atoms with Gasteiger partial charge in [0.2, 0.25) is 11.8 Å². The van der Waals surface area contributed by atoms with Gasteiger partial charge in [-0.2, -0.15) is 0 Å². The minimum atomic E-state index is -0.503. The van der Waals surface area contributed by atoms with E-state index in [1.807, 2.05) is 6.92 Å². The molecule has 0 bridgehead atoms. The SMILES string of the molecule is CCNC(=O)N1CCN(C(=O)CNC(=O)C(C)(C)C)CC1. The Balaban J connectivity index is 2.35. The summed E-state index contributed by atoms with van der Waals surface area (Å²) in [7, 11) is 0. The van der Waals surface area contributed by atoms with Crippen molar-refractivity contribution in [3.05, 3.63) is 0 Å². The number of amides is 4. The summed E-state index contributed by atoms with van der Waals surface area (Å²) in [6, 6.07) is -0.0920. The molecular weight excluding hydrogens is 272 g/mol. The molecule has 1 saturated heterocycles. The monoisotopic (exact) mass is 298 g/mol. The zero-order valence-corrected chi connectivity index (χ0v) is 13.4. The fraction of sp³-hybridized carbons (Fsp3) is 0.786. The van der Waals surface area contributed by atoms with Crippen molar-refractivity contribution >= 4 is 17.8 Å². The third kappa shape index (κ3) is 5.24. The molecule has 1 heterocycles. The van der Waals surface area contributed by atoms with Gasteiger partial charge >= 0.3 is 6.03 Å². The van der Waals surface area contributed by atoms with E-state index < -0.39 is 5.41 Å². The molecule has 7 nitrogen and oxygen atoms in total. The van der Waals surface area contributed by atoms with E-state index >= 15 is 0 Å². The van der Waals surface area contributed by atoms with Crippen LogP contribution >= 0.6 is 0 Å². The first-order chi connectivity index (χ1) is 9.75. The maximum atomic E-state index is 12.0. The minimum Gasteiger partial charge on any atom is -0.347 e. The number of hydrogen-bond donors (Lipinski definition) is 2. The Morgan fingerprint density at radius 3 is 1.95 bits per heavy atom. The Hall–Kier alpha value is -1.79. The van der Waals surface area contributed by atoms with Gasteiger partial charge in [-0.05, 0) is 6.92 Å². The number of rotatable bonds is 3. The summed E-state index contributed by atoms with van der Waals surface area (Å²) >= 11 is 0. The summed E-state index contributed by atoms with van der Waals surface area (Å²) < 4.78 is 0. The molecule has 1 aliphatic heterocycles. The van der Waals surface area contributed by atoms with Crippen LogP contribution in [0.2, 0.25) is 0 Å². The third-order valence-corrected chi connectivity index (χ3v) is 3.33. The van der Waals surface area contributed by atoms with Gasteiger partial charge in [-0.25, -0.2) is 4.79 Å². The van der Waals surface area contributed by atoms with Crippen LogP contribution in [0, 0.1) is 5.41 Å². The summed E-state index contributed by atoms with van der Waals surface area (Å²) in [5, 5.41) is 5.39. The van der Waals surface area contributed by atoms with Gasteiger partial charge in [-0.15, -0.1) is 0 Å². The molecule has 4 amide bonds. The first kappa shape index (κ1) is 17.3. The van der Waals surface area contributed by atoms with Gasteiger partial charge in [0, 0.05) is 38.1 Å². The molecule has 0 atom stereocenters. The van der Waals surface area contributed by atoms with E-state index in [-0.39, 0.29) is 24.4 Å². The molecule has 0 aromatic heterocycles. The fourth-order valence-electron chi connectivity index (χ4n) is 1.95. The van der Waals surface area contributed by atoms with Crippen LogP contribution < -0.4 is 10.6 Å². The summed E-state index contributed by atoms with van der Waals surface area (Å²) in [5.74, 6) is -0.250. The van der Waals surface area contributed by atoms with E-state index in [0.29, 0.717) is 32.7 Å². The van der Waals surface area contributed by atoms with E-state index in [9.17, 15) is 14.4 Å². The summed E-state index contributed by atoms with van der Waals surface area (Å²) in [5.41, 5.74) is -0.503. The Bertz CT molecular complexity index is 396. The predicted molar refractivity (Wildman–Crippen MR) is 79.7 cm³/mol. The molecule has 2 N–H and O–H groups in total. The lowest BCUT2D eigenvalue weighted by molar-refractivity contribution is -0.136. The van der Waals surface area contributed by atoms with Crippen LogP contribution in [0.1, 0.15) is 27.7 Å². The second kappa shape index (κ2) is 7.28. The second-order valence-corrected chi connectivity index (χ2v) is 6.14. The lowest BCUT2D eigenvalue weighted by atomic mass is 9.96. The number of nitrogens with one attached hydrogen (secondary N) is 2. The number of carbonyl (C=O) groups excluding carboxylic acids is 3. The highest BCUT2D eigenvalue weighted by Gasteiger charge is 2.25. The van der Waals surface area contributed by atoms with E-state index in [0.717, 1.165) is 0 Å². The highest BCUT2D eigenvalue weighted by atomic mass is 16.2. The maximum Gasteiger partial charge on any atom is 0.317 e. The molecular formula is C14H26N4O3. The maximum absolute atomic E-state index is 12.0. The van der Waals surface area contributed by atoms with Crippen molar-refractivity contribution < 1.29 is 14.4 Å². The predicted octanol–water partition coefficient (Wildman–Crippen LogP) is 0.0224. The molecule has 7 heteroatoms. The number of urea groups is 1. The summed E-state index contributed by atoms with van der Waals surface area (Å²) in [6.45, 7) is 9.93. The van der Waals surface area contributed by atoms with Crippen molar-refractivity contribution in [3.8, 4) is 0 Å². The van der Waals surface area contributed by atoms with Crippen molar-refractivity contribution in [3.63, 3.8) is 0 Å². The number of carbonyl (C=O) groups is 3. The summed E-state index contributed by atoms with van der Waals surface area (Å²) in [6.07, 6.45) is 0. The van der Waals surface area contributed by atoms with Crippen LogP contribution in [-0.2, 0) is 9.59 Å². The van der Waals surface area contributed by atoms with E-state index in [2.05, 4.69) is 10.6 Å². The third-order valence-electron chi connectivity index (χ3n) is 3.33. The quantitative estimate of drug-likeness (QED) is 0.771. The second-order valence-electron chi connectivity index (χ2n) is 6.14. The molecule has 21 heavy (non-hydrogen) atoms. The molecule has 0 saturated carbocycles. The van der Waals surface area contributed by atoms with Crippen LogP contribution in [0.5, 0.6) is 0 Å². The Kier molecular flexibility index (Phi) is 5.99. The smallest absolute Gasteiger partial charge is 0.317 e. The molecule has 0 aliphatic carbocycles. The molecule has 1 aliphatic rings. The first-order valence-electron chi connectivity index (χ1n) is 7.34. The lowest BCUT2D eigenvalue weighted by Crippen LogP contribution is -2.54. The van der Waals surface area contributed by atoms with Crippen molar-refractivity contribution in [1.29, 1.82) is 0 Å². The molecule has 0 aromatic rings. The van der Waals surface area contributed by atoms with Gasteiger partial charge in [0.05, 0.1) is 6.54 Å². The van der Waals surface area contributed by atoms with Crippen LogP contribution in [0.3, 0.4) is 0 Å². The van der Waals surface area contributed by atoms with Gasteiger partial charge in [-0.1, -0.05) is 20.8 Å². The van der Waals surface area contributed by atoms with E-state index in [1.165, 1.54) is 0 Å².